The number of likely N-dealkylation sites (N-methyl/N-ethyl adjacent to an activating group) is 1. The van der Waals surface area contributed by atoms with E-state index in [0.29, 0.717) is 12.0 Å². The number of hydrogen-bond acceptors (Lipinski definition) is 2. The first-order valence-electron chi connectivity index (χ1n) is 7.51. The Bertz CT molecular complexity index is 599. The Labute approximate surface area is 126 Å². The molecule has 3 rings (SSSR count). The van der Waals surface area contributed by atoms with Crippen molar-refractivity contribution in [1.82, 2.24) is 5.32 Å². The van der Waals surface area contributed by atoms with E-state index in [9.17, 15) is 0 Å². The maximum Gasteiger partial charge on any atom is 0.0387 e. The van der Waals surface area contributed by atoms with Gasteiger partial charge in [-0.2, -0.15) is 0 Å². The molecule has 0 saturated carbocycles. The molecular formula is C18H23NS. The molecule has 1 aliphatic carbocycles. The van der Waals surface area contributed by atoms with Gasteiger partial charge in [0.25, 0.3) is 0 Å². The van der Waals surface area contributed by atoms with Gasteiger partial charge in [0, 0.05) is 16.8 Å². The fourth-order valence-electron chi connectivity index (χ4n) is 3.43. The topological polar surface area (TPSA) is 12.0 Å². The molecule has 1 aliphatic rings. The van der Waals surface area contributed by atoms with Crippen molar-refractivity contribution >= 4 is 11.3 Å². The van der Waals surface area contributed by atoms with Crippen molar-refractivity contribution in [2.75, 3.05) is 7.05 Å². The molecule has 1 aromatic heterocycles. The summed E-state index contributed by atoms with van der Waals surface area (Å²) in [6, 6.07) is 9.69. The summed E-state index contributed by atoms with van der Waals surface area (Å²) in [4.78, 5) is 1.60. The van der Waals surface area contributed by atoms with Crippen molar-refractivity contribution in [2.45, 2.75) is 45.1 Å². The molecule has 2 unspecified atom stereocenters. The average molecular weight is 285 g/mol. The van der Waals surface area contributed by atoms with Crippen LogP contribution in [0.4, 0.5) is 0 Å². The van der Waals surface area contributed by atoms with Crippen LogP contribution in [0.25, 0.3) is 0 Å². The zero-order valence-electron chi connectivity index (χ0n) is 12.6. The van der Waals surface area contributed by atoms with Crippen LogP contribution in [0.2, 0.25) is 0 Å². The van der Waals surface area contributed by atoms with E-state index in [0.717, 1.165) is 0 Å². The van der Waals surface area contributed by atoms with Crippen LogP contribution in [0.5, 0.6) is 0 Å². The van der Waals surface area contributed by atoms with Crippen LogP contribution in [0.3, 0.4) is 0 Å². The molecule has 1 N–H and O–H groups in total. The molecule has 1 heterocycles. The summed E-state index contributed by atoms with van der Waals surface area (Å²) in [7, 11) is 2.10. The number of aryl methyl sites for hydroxylation is 3. The third-order valence-electron chi connectivity index (χ3n) is 4.70. The molecule has 2 atom stereocenters. The van der Waals surface area contributed by atoms with Gasteiger partial charge < -0.3 is 5.32 Å². The molecular weight excluding hydrogens is 262 g/mol. The van der Waals surface area contributed by atoms with Crippen LogP contribution in [-0.4, -0.2) is 7.05 Å². The smallest absolute Gasteiger partial charge is 0.0387 e. The molecule has 2 heteroatoms. The Morgan fingerprint density at radius 2 is 2.05 bits per heavy atom. The molecule has 20 heavy (non-hydrogen) atoms. The molecule has 1 nitrogen and oxygen atoms in total. The van der Waals surface area contributed by atoms with E-state index in [1.165, 1.54) is 36.0 Å². The predicted octanol–water partition coefficient (Wildman–Crippen LogP) is 4.75. The number of hydrogen-bond donors (Lipinski definition) is 1. The SMILES string of the molecule is CNC(c1ccc(C)c(C)c1)C1CCCc2sccc21. The summed E-state index contributed by atoms with van der Waals surface area (Å²) < 4.78 is 0. The number of rotatable bonds is 3. The number of nitrogens with one attached hydrogen (secondary N) is 1. The minimum atomic E-state index is 0.433. The summed E-state index contributed by atoms with van der Waals surface area (Å²) in [6.07, 6.45) is 3.89. The van der Waals surface area contributed by atoms with E-state index >= 15 is 0 Å². The minimum absolute atomic E-state index is 0.433. The highest BCUT2D eigenvalue weighted by molar-refractivity contribution is 7.10. The van der Waals surface area contributed by atoms with Crippen LogP contribution < -0.4 is 5.32 Å². The van der Waals surface area contributed by atoms with E-state index in [1.807, 2.05) is 11.3 Å². The summed E-state index contributed by atoms with van der Waals surface area (Å²) in [5.41, 5.74) is 5.78. The first-order valence-corrected chi connectivity index (χ1v) is 8.39. The van der Waals surface area contributed by atoms with Gasteiger partial charge in [-0.05, 0) is 73.9 Å². The largest absolute Gasteiger partial charge is 0.312 e. The van der Waals surface area contributed by atoms with E-state index < -0.39 is 0 Å². The summed E-state index contributed by atoms with van der Waals surface area (Å²) in [5, 5.41) is 5.83. The first kappa shape index (κ1) is 13.8. The van der Waals surface area contributed by atoms with Gasteiger partial charge in [0.2, 0.25) is 0 Å². The fraction of sp³-hybridized carbons (Fsp3) is 0.444. The number of benzene rings is 1. The molecule has 0 aliphatic heterocycles. The van der Waals surface area contributed by atoms with E-state index in [2.05, 4.69) is 55.9 Å². The molecule has 106 valence electrons. The molecule has 0 saturated heterocycles. The summed E-state index contributed by atoms with van der Waals surface area (Å²) in [5.74, 6) is 0.622. The van der Waals surface area contributed by atoms with Crippen LogP contribution in [0.1, 0.15) is 51.9 Å². The summed E-state index contributed by atoms with van der Waals surface area (Å²) in [6.45, 7) is 4.40. The molecule has 0 bridgehead atoms. The second-order valence-corrected chi connectivity index (χ2v) is 6.91. The maximum absolute atomic E-state index is 3.57. The van der Waals surface area contributed by atoms with E-state index in [1.54, 1.807) is 10.4 Å². The Kier molecular flexibility index (Phi) is 3.95. The molecule has 0 spiro atoms. The third kappa shape index (κ3) is 2.43. The highest BCUT2D eigenvalue weighted by atomic mass is 32.1. The Balaban J connectivity index is 1.97. The second kappa shape index (κ2) is 5.71. The van der Waals surface area contributed by atoms with Crippen molar-refractivity contribution in [1.29, 1.82) is 0 Å². The van der Waals surface area contributed by atoms with Crippen LogP contribution >= 0.6 is 11.3 Å². The quantitative estimate of drug-likeness (QED) is 0.858. The van der Waals surface area contributed by atoms with E-state index in [4.69, 9.17) is 0 Å². The van der Waals surface area contributed by atoms with Crippen molar-refractivity contribution < 1.29 is 0 Å². The van der Waals surface area contributed by atoms with Crippen molar-refractivity contribution in [2.24, 2.45) is 0 Å². The van der Waals surface area contributed by atoms with Crippen molar-refractivity contribution in [3.8, 4) is 0 Å². The summed E-state index contributed by atoms with van der Waals surface area (Å²) >= 11 is 1.93. The third-order valence-corrected chi connectivity index (χ3v) is 5.70. The lowest BCUT2D eigenvalue weighted by Crippen LogP contribution is -2.26. The number of fused-ring (bicyclic) bond motifs is 1. The van der Waals surface area contributed by atoms with Crippen LogP contribution in [0, 0.1) is 13.8 Å². The lowest BCUT2D eigenvalue weighted by Gasteiger charge is -2.31. The monoisotopic (exact) mass is 285 g/mol. The Hall–Kier alpha value is -1.12. The normalized spacial score (nSPS) is 19.6. The maximum atomic E-state index is 3.57. The average Bonchev–Trinajstić information content (AvgIpc) is 2.93. The van der Waals surface area contributed by atoms with Gasteiger partial charge in [0.05, 0.1) is 0 Å². The fourth-order valence-corrected chi connectivity index (χ4v) is 4.42. The van der Waals surface area contributed by atoms with Gasteiger partial charge in [0.15, 0.2) is 0 Å². The Morgan fingerprint density at radius 3 is 2.80 bits per heavy atom. The lowest BCUT2D eigenvalue weighted by molar-refractivity contribution is 0.428. The standard InChI is InChI=1S/C18H23NS/c1-12-7-8-14(11-13(12)2)18(19-3)16-5-4-6-17-15(16)9-10-20-17/h7-11,16,18-19H,4-6H2,1-3H3. The first-order chi connectivity index (χ1) is 9.70. The van der Waals surface area contributed by atoms with Gasteiger partial charge in [-0.15, -0.1) is 11.3 Å². The van der Waals surface area contributed by atoms with Gasteiger partial charge >= 0.3 is 0 Å². The number of thiophene rings is 1. The minimum Gasteiger partial charge on any atom is -0.312 e. The zero-order valence-corrected chi connectivity index (χ0v) is 13.4. The second-order valence-electron chi connectivity index (χ2n) is 5.91. The van der Waals surface area contributed by atoms with Gasteiger partial charge in [-0.25, -0.2) is 0 Å². The van der Waals surface area contributed by atoms with Crippen molar-refractivity contribution in [3.63, 3.8) is 0 Å². The molecule has 0 fully saturated rings. The molecule has 1 aromatic carbocycles. The highest BCUT2D eigenvalue weighted by Gasteiger charge is 2.28. The zero-order chi connectivity index (χ0) is 14.1. The lowest BCUT2D eigenvalue weighted by atomic mass is 9.79. The van der Waals surface area contributed by atoms with Gasteiger partial charge in [-0.1, -0.05) is 18.2 Å². The predicted molar refractivity (Wildman–Crippen MR) is 87.7 cm³/mol. The van der Waals surface area contributed by atoms with Crippen molar-refractivity contribution in [3.05, 3.63) is 56.8 Å². The molecule has 0 radical (unpaired) electrons. The highest BCUT2D eigenvalue weighted by Crippen LogP contribution is 2.42. The van der Waals surface area contributed by atoms with Gasteiger partial charge in [0.1, 0.15) is 0 Å². The Morgan fingerprint density at radius 1 is 1.20 bits per heavy atom. The van der Waals surface area contributed by atoms with Crippen LogP contribution in [0.15, 0.2) is 29.6 Å². The molecule has 2 aromatic rings. The van der Waals surface area contributed by atoms with Crippen LogP contribution in [-0.2, 0) is 6.42 Å². The van der Waals surface area contributed by atoms with E-state index in [-0.39, 0.29) is 0 Å². The van der Waals surface area contributed by atoms with Gasteiger partial charge in [-0.3, -0.25) is 0 Å². The molecule has 0 amide bonds.